The van der Waals surface area contributed by atoms with Crippen molar-refractivity contribution in [2.24, 2.45) is 0 Å². The Bertz CT molecular complexity index is 3120. The van der Waals surface area contributed by atoms with Crippen molar-refractivity contribution >= 4 is 82.7 Å². The number of furan rings is 2. The van der Waals surface area contributed by atoms with Crippen LogP contribution in [0.15, 0.2) is 179 Å². The van der Waals surface area contributed by atoms with Gasteiger partial charge in [-0.05, 0) is 60.7 Å². The Morgan fingerprint density at radius 2 is 0.981 bits per heavy atom. The van der Waals surface area contributed by atoms with E-state index in [1.54, 1.807) is 0 Å². The molecule has 4 aromatic heterocycles. The molecule has 7 aromatic carbocycles. The fourth-order valence-electron chi connectivity index (χ4n) is 7.69. The van der Waals surface area contributed by atoms with E-state index in [-0.39, 0.29) is 0 Å². The number of hydrogen-bond acceptors (Lipinski definition) is 5. The summed E-state index contributed by atoms with van der Waals surface area (Å²) in [6, 6.07) is 54.5. The van der Waals surface area contributed by atoms with E-state index in [0.717, 1.165) is 94.0 Å². The summed E-state index contributed by atoms with van der Waals surface area (Å²) in [5, 5.41) is 6.61. The van der Waals surface area contributed by atoms with Crippen molar-refractivity contribution in [1.29, 1.82) is 0 Å². The second-order valence-electron chi connectivity index (χ2n) is 13.1. The van der Waals surface area contributed by atoms with Crippen LogP contribution in [0.2, 0.25) is 0 Å². The van der Waals surface area contributed by atoms with Crippen LogP contribution in [-0.4, -0.2) is 14.5 Å². The Morgan fingerprint density at radius 3 is 1.73 bits per heavy atom. The molecule has 0 atom stereocenters. The average molecular weight is 669 g/mol. The molecule has 0 amide bonds. The number of anilines is 3. The van der Waals surface area contributed by atoms with Gasteiger partial charge in [-0.1, -0.05) is 84.9 Å². The van der Waals surface area contributed by atoms with Crippen LogP contribution in [0, 0.1) is 0 Å². The number of para-hydroxylation sites is 3. The van der Waals surface area contributed by atoms with Gasteiger partial charge < -0.3 is 18.3 Å². The van der Waals surface area contributed by atoms with Gasteiger partial charge in [0, 0.05) is 67.1 Å². The van der Waals surface area contributed by atoms with Crippen LogP contribution in [0.3, 0.4) is 0 Å². The number of aromatic nitrogens is 3. The minimum atomic E-state index is 0.687. The summed E-state index contributed by atoms with van der Waals surface area (Å²) in [5.74, 6) is 0.687. The van der Waals surface area contributed by atoms with Gasteiger partial charge in [0.1, 0.15) is 22.3 Å². The molecule has 0 aliphatic carbocycles. The summed E-state index contributed by atoms with van der Waals surface area (Å²) in [6.45, 7) is 0. The maximum atomic E-state index is 6.40. The summed E-state index contributed by atoms with van der Waals surface area (Å²) in [4.78, 5) is 11.9. The third-order valence-electron chi connectivity index (χ3n) is 10.1. The average Bonchev–Trinajstić information content (AvgIpc) is 3.86. The Kier molecular flexibility index (Phi) is 6.15. The van der Waals surface area contributed by atoms with E-state index in [1.807, 2.05) is 73.1 Å². The maximum Gasteiger partial charge on any atom is 0.159 e. The van der Waals surface area contributed by atoms with E-state index in [4.69, 9.17) is 18.8 Å². The fraction of sp³-hybridized carbons (Fsp3) is 0. The minimum absolute atomic E-state index is 0.687. The molecule has 52 heavy (non-hydrogen) atoms. The molecule has 0 bridgehead atoms. The van der Waals surface area contributed by atoms with Crippen LogP contribution < -0.4 is 4.90 Å². The zero-order valence-electron chi connectivity index (χ0n) is 27.8. The first-order valence-corrected chi connectivity index (χ1v) is 17.3. The number of rotatable bonds is 5. The monoisotopic (exact) mass is 668 g/mol. The first kappa shape index (κ1) is 28.6. The van der Waals surface area contributed by atoms with Gasteiger partial charge in [-0.2, -0.15) is 0 Å². The highest BCUT2D eigenvalue weighted by molar-refractivity contribution is 6.18. The molecule has 4 heterocycles. The van der Waals surface area contributed by atoms with Crippen molar-refractivity contribution in [3.63, 3.8) is 0 Å². The molecule has 0 saturated carbocycles. The van der Waals surface area contributed by atoms with E-state index in [1.165, 1.54) is 0 Å². The van der Waals surface area contributed by atoms with Gasteiger partial charge in [0.25, 0.3) is 0 Å². The molecule has 0 spiro atoms. The zero-order chi connectivity index (χ0) is 34.2. The van der Waals surface area contributed by atoms with Gasteiger partial charge in [-0.25, -0.2) is 9.97 Å². The van der Waals surface area contributed by atoms with Crippen LogP contribution in [0.25, 0.3) is 82.8 Å². The number of fused-ring (bicyclic) bond motifs is 9. The third-order valence-corrected chi connectivity index (χ3v) is 10.1. The molecule has 11 aromatic rings. The topological polar surface area (TPSA) is 60.2 Å². The molecule has 0 radical (unpaired) electrons. The zero-order valence-corrected chi connectivity index (χ0v) is 27.8. The van der Waals surface area contributed by atoms with Gasteiger partial charge >= 0.3 is 0 Å². The van der Waals surface area contributed by atoms with Crippen LogP contribution in [0.1, 0.15) is 0 Å². The molecule has 244 valence electrons. The highest BCUT2D eigenvalue weighted by atomic mass is 16.3. The first-order valence-electron chi connectivity index (χ1n) is 17.3. The second kappa shape index (κ2) is 11.2. The van der Waals surface area contributed by atoms with Gasteiger partial charge in [0.15, 0.2) is 5.82 Å². The van der Waals surface area contributed by atoms with E-state index in [2.05, 4.69) is 107 Å². The normalized spacial score (nSPS) is 11.8. The highest BCUT2D eigenvalue weighted by Gasteiger charge is 2.21. The highest BCUT2D eigenvalue weighted by Crippen LogP contribution is 2.43. The van der Waals surface area contributed by atoms with Gasteiger partial charge in [0.2, 0.25) is 0 Å². The quantitative estimate of drug-likeness (QED) is 0.183. The molecular weight excluding hydrogens is 641 g/mol. The van der Waals surface area contributed by atoms with Crippen molar-refractivity contribution in [2.45, 2.75) is 0 Å². The Labute approximate surface area is 297 Å². The van der Waals surface area contributed by atoms with Crippen molar-refractivity contribution in [3.8, 4) is 17.1 Å². The molecular formula is C46H28N4O2. The van der Waals surface area contributed by atoms with Crippen LogP contribution in [-0.2, 0) is 0 Å². The standard InChI is InChI=1S/C46H28N4O2/c1-3-11-29(12-4-1)46-47-27-33(28-48-46)50-40-22-20-31(23-37(40)38-25-39-35-16-8-10-18-43(35)52-45(39)26-41(38)50)49(30-13-5-2-6-14-30)32-19-21-36-34-15-7-9-17-42(34)51-44(36)24-32/h1-28H. The summed E-state index contributed by atoms with van der Waals surface area (Å²) < 4.78 is 15.0. The van der Waals surface area contributed by atoms with Crippen molar-refractivity contribution < 1.29 is 8.83 Å². The molecule has 0 unspecified atom stereocenters. The fourth-order valence-corrected chi connectivity index (χ4v) is 7.69. The Morgan fingerprint density at radius 1 is 0.404 bits per heavy atom. The summed E-state index contributed by atoms with van der Waals surface area (Å²) >= 11 is 0. The van der Waals surface area contributed by atoms with Gasteiger partial charge in [-0.15, -0.1) is 0 Å². The van der Waals surface area contributed by atoms with E-state index in [0.29, 0.717) is 5.82 Å². The smallest absolute Gasteiger partial charge is 0.159 e. The minimum Gasteiger partial charge on any atom is -0.456 e. The van der Waals surface area contributed by atoms with Crippen molar-refractivity contribution in [2.75, 3.05) is 4.90 Å². The van der Waals surface area contributed by atoms with E-state index >= 15 is 0 Å². The second-order valence-corrected chi connectivity index (χ2v) is 13.1. The predicted octanol–water partition coefficient (Wildman–Crippen LogP) is 12.5. The molecule has 0 aliphatic heterocycles. The molecule has 6 heteroatoms. The molecule has 6 nitrogen and oxygen atoms in total. The lowest BCUT2D eigenvalue weighted by atomic mass is 10.1. The largest absolute Gasteiger partial charge is 0.456 e. The van der Waals surface area contributed by atoms with Crippen molar-refractivity contribution in [3.05, 3.63) is 170 Å². The number of benzene rings is 7. The first-order chi connectivity index (χ1) is 25.8. The summed E-state index contributed by atoms with van der Waals surface area (Å²) in [7, 11) is 0. The molecule has 0 saturated heterocycles. The molecule has 0 aliphatic rings. The Hall–Kier alpha value is -7.18. The van der Waals surface area contributed by atoms with Gasteiger partial charge in [-0.3, -0.25) is 0 Å². The van der Waals surface area contributed by atoms with Gasteiger partial charge in [0.05, 0.1) is 29.1 Å². The number of hydrogen-bond donors (Lipinski definition) is 0. The predicted molar refractivity (Wildman–Crippen MR) is 211 cm³/mol. The maximum absolute atomic E-state index is 6.40. The SMILES string of the molecule is c1ccc(-c2ncc(-n3c4ccc(N(c5ccccc5)c5ccc6c(c5)oc5ccccc56)cc4c4cc5c(cc43)oc3ccccc35)cn2)cc1. The Balaban J connectivity index is 1.15. The summed E-state index contributed by atoms with van der Waals surface area (Å²) in [5.41, 5.74) is 10.4. The lowest BCUT2D eigenvalue weighted by molar-refractivity contribution is 0.668. The molecule has 0 fully saturated rings. The summed E-state index contributed by atoms with van der Waals surface area (Å²) in [6.07, 6.45) is 3.81. The van der Waals surface area contributed by atoms with Crippen LogP contribution in [0.5, 0.6) is 0 Å². The van der Waals surface area contributed by atoms with E-state index in [9.17, 15) is 0 Å². The lowest BCUT2D eigenvalue weighted by Crippen LogP contribution is -2.09. The third kappa shape index (κ3) is 4.38. The number of nitrogens with zero attached hydrogens (tertiary/aromatic N) is 4. The van der Waals surface area contributed by atoms with Crippen LogP contribution in [0.4, 0.5) is 17.1 Å². The molecule has 0 N–H and O–H groups in total. The van der Waals surface area contributed by atoms with Crippen LogP contribution >= 0.6 is 0 Å². The molecule has 11 rings (SSSR count). The van der Waals surface area contributed by atoms with E-state index < -0.39 is 0 Å². The van der Waals surface area contributed by atoms with Crippen molar-refractivity contribution in [1.82, 2.24) is 14.5 Å². The lowest BCUT2D eigenvalue weighted by Gasteiger charge is -2.25.